The number of aliphatic carboxylic acids is 1. The maximum Gasteiger partial charge on any atom is 0.407 e. The molecular formula is C79H114FN15O6S2. The number of alkyl carbamates (subject to hydrolysis) is 1. The van der Waals surface area contributed by atoms with Gasteiger partial charge in [-0.2, -0.15) is 16.9 Å². The average Bonchev–Trinajstić information content (AvgIpc) is 1.61. The number of nitrogens with zero attached hydrogens (tertiary/aromatic N) is 8. The number of halogens is 1. The smallest absolute Gasteiger partial charge is 0.407 e. The van der Waals surface area contributed by atoms with E-state index in [4.69, 9.17) is 28.0 Å². The molecule has 24 heteroatoms. The second kappa shape index (κ2) is 42.5. The molecule has 12 N–H and O–H groups in total. The van der Waals surface area contributed by atoms with Gasteiger partial charge in [0.2, 0.25) is 11.9 Å². The first-order valence-electron chi connectivity index (χ1n) is 37.4. The Bertz CT molecular complexity index is 3670. The molecular weight excluding hydrogens is 1340 g/mol. The van der Waals surface area contributed by atoms with Crippen LogP contribution >= 0.6 is 23.5 Å². The van der Waals surface area contributed by atoms with Gasteiger partial charge in [-0.3, -0.25) is 23.7 Å². The number of likely N-dealkylation sites (tertiary alicyclic amines) is 1. The number of ether oxygens (including phenoxy) is 1. The van der Waals surface area contributed by atoms with E-state index in [2.05, 4.69) is 96.2 Å². The van der Waals surface area contributed by atoms with Gasteiger partial charge >= 0.3 is 12.1 Å². The number of thioether (sulfide) groups is 2. The van der Waals surface area contributed by atoms with Gasteiger partial charge in [0, 0.05) is 90.3 Å². The first kappa shape index (κ1) is 81.2. The largest absolute Gasteiger partial charge is 0.481 e. The average molecular weight is 1450 g/mol. The van der Waals surface area contributed by atoms with Crippen LogP contribution in [0, 0.1) is 5.82 Å². The van der Waals surface area contributed by atoms with Crippen LogP contribution in [0.5, 0.6) is 0 Å². The zero-order valence-corrected chi connectivity index (χ0v) is 62.8. The van der Waals surface area contributed by atoms with Crippen molar-refractivity contribution in [1.82, 2.24) is 49.6 Å². The molecule has 560 valence electrons. The minimum atomic E-state index is -0.761. The summed E-state index contributed by atoms with van der Waals surface area (Å²) in [7, 11) is 1.33. The van der Waals surface area contributed by atoms with Crippen molar-refractivity contribution in [2.75, 3.05) is 50.1 Å². The van der Waals surface area contributed by atoms with Crippen LogP contribution in [-0.4, -0.2) is 142 Å². The fraction of sp³-hybridized carbons (Fsp3) is 0.544. The number of benzene rings is 4. The Morgan fingerprint density at radius 2 is 1.47 bits per heavy atom. The molecule has 3 fully saturated rings. The maximum atomic E-state index is 13.4. The van der Waals surface area contributed by atoms with Gasteiger partial charge < -0.3 is 53.6 Å². The van der Waals surface area contributed by atoms with E-state index in [1.54, 1.807) is 53.5 Å². The number of piperidine rings is 1. The molecule has 0 spiro atoms. The minimum Gasteiger partial charge on any atom is -0.481 e. The number of amides is 2. The second-order valence-electron chi connectivity index (χ2n) is 28.5. The highest BCUT2D eigenvalue weighted by Crippen LogP contribution is 2.38. The van der Waals surface area contributed by atoms with Gasteiger partial charge in [-0.25, -0.2) is 28.8 Å². The number of fused-ring (bicyclic) bond motifs is 2. The van der Waals surface area contributed by atoms with Crippen molar-refractivity contribution in [3.8, 4) is 22.5 Å². The molecule has 1 saturated carbocycles. The first-order chi connectivity index (χ1) is 49.8. The van der Waals surface area contributed by atoms with Crippen LogP contribution in [-0.2, 0) is 45.8 Å². The molecule has 21 nitrogen and oxygen atoms in total. The summed E-state index contributed by atoms with van der Waals surface area (Å²) in [5.74, 6) is 1.38. The number of carbonyl (C=O) groups is 3. The van der Waals surface area contributed by atoms with Gasteiger partial charge in [-0.15, -0.1) is 11.8 Å². The number of unbranched alkanes of at least 4 members (excludes halogenated alkanes) is 1. The normalized spacial score (nSPS) is 19.3. The predicted octanol–water partition coefficient (Wildman–Crippen LogP) is 12.9. The SMILES string of the molecule is CC(C)(N)CNc1nccc(-c2c(-c3ccc(F)cc3)c(=O)n3n2CCC3)n1.CCCNC1CCCCCCCCCCC1.COC(=O)N[C@@H]1CS[C@H](CCCCC(=O)O)[C@H]1N.NC1CCCSc2ccccc21.N[C@H](Cc1ccccc1)C(=O)N1CCC(Cn2cncn2)(c2ccccc2)CC1. The maximum absolute atomic E-state index is 13.4. The van der Waals surface area contributed by atoms with Crippen molar-refractivity contribution in [1.29, 1.82) is 0 Å². The zero-order valence-electron chi connectivity index (χ0n) is 61.2. The van der Waals surface area contributed by atoms with E-state index in [9.17, 15) is 23.6 Å². The summed E-state index contributed by atoms with van der Waals surface area (Å²) in [6, 6.07) is 37.2. The Labute approximate surface area is 617 Å². The van der Waals surface area contributed by atoms with Crippen LogP contribution < -0.4 is 44.4 Å². The summed E-state index contributed by atoms with van der Waals surface area (Å²) >= 11 is 3.66. The fourth-order valence-electron chi connectivity index (χ4n) is 14.0. The summed E-state index contributed by atoms with van der Waals surface area (Å²) in [5, 5.41) is 22.7. The summed E-state index contributed by atoms with van der Waals surface area (Å²) in [4.78, 5) is 63.7. The quantitative estimate of drug-likeness (QED) is 0.0329. The van der Waals surface area contributed by atoms with Gasteiger partial charge in [0.05, 0.1) is 42.7 Å². The Hall–Kier alpha value is -7.45. The fourth-order valence-corrected chi connectivity index (χ4v) is 16.6. The van der Waals surface area contributed by atoms with E-state index in [-0.39, 0.29) is 52.5 Å². The number of hydrogen-bond acceptors (Lipinski definition) is 17. The number of aromatic nitrogens is 7. The van der Waals surface area contributed by atoms with E-state index in [0.717, 1.165) is 74.7 Å². The van der Waals surface area contributed by atoms with Gasteiger partial charge in [0.25, 0.3) is 5.56 Å². The number of rotatable bonds is 20. The van der Waals surface area contributed by atoms with Crippen LogP contribution in [0.2, 0.25) is 0 Å². The monoisotopic (exact) mass is 1450 g/mol. The van der Waals surface area contributed by atoms with Crippen LogP contribution in [0.25, 0.3) is 22.5 Å². The van der Waals surface area contributed by atoms with Crippen LogP contribution in [0.3, 0.4) is 0 Å². The van der Waals surface area contributed by atoms with Gasteiger partial charge in [0.15, 0.2) is 0 Å². The summed E-state index contributed by atoms with van der Waals surface area (Å²) in [6.45, 7) is 11.4. The lowest BCUT2D eigenvalue weighted by molar-refractivity contribution is -0.137. The lowest BCUT2D eigenvalue weighted by atomic mass is 9.72. The number of carboxylic acids is 1. The molecule has 1 aliphatic carbocycles. The molecule has 7 heterocycles. The van der Waals surface area contributed by atoms with E-state index in [1.165, 1.54) is 131 Å². The lowest BCUT2D eigenvalue weighted by Crippen LogP contribution is -2.52. The van der Waals surface area contributed by atoms with E-state index >= 15 is 0 Å². The Morgan fingerprint density at radius 1 is 0.806 bits per heavy atom. The van der Waals surface area contributed by atoms with Crippen molar-refractivity contribution in [2.45, 2.75) is 233 Å². The number of carbonyl (C=O) groups excluding carboxylic acids is 2. The van der Waals surface area contributed by atoms with Crippen molar-refractivity contribution in [2.24, 2.45) is 22.9 Å². The standard InChI is InChI=1S/C23H27N5O.C20H23FN6O.C15H31N.C11H20N2O4S.C10H13NS/c24-21(15-19-7-3-1-4-8-19)22(29)27-13-11-23(12-14-27,16-28-18-25-17-26-28)20-9-5-2-6-10-20;1-20(2,22)12-24-19-23-9-8-15(25-19)17-16(13-4-6-14(21)7-5-13)18(28)27-11-3-10-26(17)27;1-2-14-16-15-12-10-8-6-4-3-5-7-9-11-13-15;1-17-11(16)13-7-6-18-8(10(7)12)4-2-3-5-9(14)15;11-9-5-3-7-12-10-6-2-1-4-8(9)10/h1-10,17-18,21H,11-16,24H2;4-9H,3,10-12,22H2,1-2H3,(H,23,24,25);15-16H,2-14H2,1H3;7-8,10H,2-6,12H2,1H3,(H,13,16)(H,14,15);1-2,4,6,9H,3,5,7,11H2/t21-;;;7-,8-,10+;/m1..1./s1. The summed E-state index contributed by atoms with van der Waals surface area (Å²) in [5.41, 5.74) is 30.1. The first-order valence-corrected chi connectivity index (χ1v) is 39.4. The molecule has 4 aliphatic heterocycles. The van der Waals surface area contributed by atoms with Crippen molar-refractivity contribution in [3.63, 3.8) is 0 Å². The topological polar surface area (TPSA) is 308 Å². The Kier molecular flexibility index (Phi) is 33.5. The third kappa shape index (κ3) is 26.0. The van der Waals surface area contributed by atoms with Crippen molar-refractivity contribution < 1.29 is 28.6 Å². The van der Waals surface area contributed by atoms with Gasteiger partial charge in [0.1, 0.15) is 18.5 Å². The van der Waals surface area contributed by atoms with Gasteiger partial charge in [-0.05, 0) is 143 Å². The lowest BCUT2D eigenvalue weighted by Gasteiger charge is -2.42. The predicted molar refractivity (Wildman–Crippen MR) is 414 cm³/mol. The molecule has 1 unspecified atom stereocenters. The highest BCUT2D eigenvalue weighted by molar-refractivity contribution is 8.00. The van der Waals surface area contributed by atoms with Crippen LogP contribution in [0.4, 0.5) is 15.1 Å². The van der Waals surface area contributed by atoms with E-state index in [1.807, 2.05) is 76.3 Å². The molecule has 2 amide bonds. The molecule has 3 aromatic heterocycles. The molecule has 5 aliphatic rings. The Morgan fingerprint density at radius 3 is 2.12 bits per heavy atom. The molecule has 0 bridgehead atoms. The van der Waals surface area contributed by atoms with Crippen molar-refractivity contribution >= 4 is 47.4 Å². The number of anilines is 1. The second-order valence-corrected chi connectivity index (χ2v) is 30.9. The van der Waals surface area contributed by atoms with E-state index in [0.29, 0.717) is 61.8 Å². The van der Waals surface area contributed by atoms with E-state index < -0.39 is 23.6 Å². The highest BCUT2D eigenvalue weighted by atomic mass is 32.2. The molecule has 103 heavy (non-hydrogen) atoms. The van der Waals surface area contributed by atoms with Crippen LogP contribution in [0.15, 0.2) is 144 Å². The molecule has 4 aromatic carbocycles. The van der Waals surface area contributed by atoms with Crippen LogP contribution in [0.1, 0.15) is 178 Å². The summed E-state index contributed by atoms with van der Waals surface area (Å²) < 4.78 is 23.5. The highest BCUT2D eigenvalue weighted by Gasteiger charge is 2.39. The number of carboxylic acid groups (broad SMARTS) is 1. The number of nitrogens with two attached hydrogens (primary N) is 4. The number of methoxy groups -OCH3 is 1. The molecule has 12 rings (SSSR count). The zero-order chi connectivity index (χ0) is 73.4. The number of nitrogens with one attached hydrogen (secondary N) is 3. The molecule has 2 saturated heterocycles. The summed E-state index contributed by atoms with van der Waals surface area (Å²) in [6.07, 6.45) is 30.0. The molecule has 7 aromatic rings. The third-order valence-electron chi connectivity index (χ3n) is 19.7. The Balaban J connectivity index is 0.000000169. The minimum absolute atomic E-state index is 0.0382. The molecule has 0 radical (unpaired) electrons. The third-order valence-corrected chi connectivity index (χ3v) is 22.4. The van der Waals surface area contributed by atoms with Crippen molar-refractivity contribution in [3.05, 3.63) is 167 Å². The molecule has 5 atom stereocenters. The number of hydrogen-bond donors (Lipinski definition) is 8. The van der Waals surface area contributed by atoms with Gasteiger partial charge in [-0.1, -0.05) is 162 Å².